The molecule has 1 N–H and O–H groups in total. The molecule has 7 heteroatoms. The van der Waals surface area contributed by atoms with Crippen molar-refractivity contribution in [1.82, 2.24) is 5.32 Å². The lowest BCUT2D eigenvalue weighted by Gasteiger charge is -2.11. The lowest BCUT2D eigenvalue weighted by atomic mass is 10.1. The van der Waals surface area contributed by atoms with Crippen LogP contribution < -0.4 is 10.2 Å². The van der Waals surface area contributed by atoms with E-state index in [1.54, 1.807) is 6.21 Å². The Bertz CT molecular complexity index is 849. The molecule has 0 unspecified atom stereocenters. The number of nitrogens with one attached hydrogen (secondary N) is 1. The van der Waals surface area contributed by atoms with E-state index in [0.717, 1.165) is 16.8 Å². The van der Waals surface area contributed by atoms with Crippen molar-refractivity contribution in [3.63, 3.8) is 0 Å². The predicted molar refractivity (Wildman–Crippen MR) is 110 cm³/mol. The molecule has 2 aromatic carbocycles. The summed E-state index contributed by atoms with van der Waals surface area (Å²) in [6.07, 6.45) is 2.27. The maximum atomic E-state index is 12.1. The minimum atomic E-state index is -0.221. The van der Waals surface area contributed by atoms with Gasteiger partial charge < -0.3 is 10.2 Å². The Morgan fingerprint density at radius 2 is 2.00 bits per heavy atom. The van der Waals surface area contributed by atoms with Gasteiger partial charge >= 0.3 is 0 Å². The van der Waals surface area contributed by atoms with Crippen molar-refractivity contribution in [2.75, 3.05) is 19.0 Å². The molecule has 0 saturated carbocycles. The third-order valence-corrected chi connectivity index (χ3v) is 5.16. The zero-order chi connectivity index (χ0) is 18.5. The number of benzene rings is 2. The van der Waals surface area contributed by atoms with Gasteiger partial charge in [0, 0.05) is 24.8 Å². The molecular weight excluding hydrogens is 368 g/mol. The number of rotatable bonds is 5. The van der Waals surface area contributed by atoms with Crippen LogP contribution in [0.25, 0.3) is 0 Å². The van der Waals surface area contributed by atoms with Gasteiger partial charge in [0.15, 0.2) is 5.17 Å². The Morgan fingerprint density at radius 1 is 1.23 bits per heavy atom. The summed E-state index contributed by atoms with van der Waals surface area (Å²) >= 11 is 7.38. The Hall–Kier alpha value is -2.31. The van der Waals surface area contributed by atoms with Crippen LogP contribution in [0.2, 0.25) is 5.02 Å². The van der Waals surface area contributed by atoms with Crippen molar-refractivity contribution in [3.05, 3.63) is 64.7 Å². The van der Waals surface area contributed by atoms with Gasteiger partial charge in [-0.15, -0.1) is 5.10 Å². The first-order chi connectivity index (χ1) is 12.5. The van der Waals surface area contributed by atoms with E-state index >= 15 is 0 Å². The first-order valence-electron chi connectivity index (χ1n) is 8.11. The monoisotopic (exact) mass is 386 g/mol. The predicted octanol–water partition coefficient (Wildman–Crippen LogP) is 3.57. The van der Waals surface area contributed by atoms with Gasteiger partial charge in [-0.25, -0.2) is 0 Å². The summed E-state index contributed by atoms with van der Waals surface area (Å²) in [5, 5.41) is 11.9. The number of anilines is 1. The van der Waals surface area contributed by atoms with E-state index in [-0.39, 0.29) is 11.2 Å². The van der Waals surface area contributed by atoms with Crippen LogP contribution in [-0.2, 0) is 11.2 Å². The molecule has 1 heterocycles. The Balaban J connectivity index is 1.60. The minimum Gasteiger partial charge on any atom is -0.378 e. The van der Waals surface area contributed by atoms with E-state index in [9.17, 15) is 4.79 Å². The fourth-order valence-corrected chi connectivity index (χ4v) is 3.65. The van der Waals surface area contributed by atoms with E-state index < -0.39 is 0 Å². The van der Waals surface area contributed by atoms with E-state index in [4.69, 9.17) is 11.6 Å². The molecule has 1 saturated heterocycles. The number of amides is 1. The third kappa shape index (κ3) is 4.86. The molecule has 1 aliphatic heterocycles. The van der Waals surface area contributed by atoms with Crippen molar-refractivity contribution >= 4 is 46.3 Å². The van der Waals surface area contributed by atoms with Gasteiger partial charge in [-0.2, -0.15) is 5.10 Å². The number of halogens is 1. The average molecular weight is 387 g/mol. The number of carbonyl (C=O) groups is 1. The zero-order valence-corrected chi connectivity index (χ0v) is 16.1. The van der Waals surface area contributed by atoms with Crippen molar-refractivity contribution in [2.24, 2.45) is 10.2 Å². The van der Waals surface area contributed by atoms with Crippen LogP contribution >= 0.6 is 23.4 Å². The molecule has 0 aliphatic carbocycles. The van der Waals surface area contributed by atoms with Crippen LogP contribution in [0.5, 0.6) is 0 Å². The number of nitrogens with zero attached hydrogens (tertiary/aromatic N) is 3. The van der Waals surface area contributed by atoms with E-state index in [0.29, 0.717) is 16.6 Å². The molecule has 26 heavy (non-hydrogen) atoms. The molecular formula is C19H19ClN4OS. The Kier molecular flexibility index (Phi) is 5.96. The highest BCUT2D eigenvalue weighted by Gasteiger charge is 2.30. The molecule has 3 rings (SSSR count). The van der Waals surface area contributed by atoms with Gasteiger partial charge in [0.2, 0.25) is 5.91 Å². The SMILES string of the molecule is CN(C)c1ccc(C=N/N=C2\NC(=O)[C@@H](Cc3cccc(Cl)c3)S2)cc1. The smallest absolute Gasteiger partial charge is 0.239 e. The van der Waals surface area contributed by atoms with Crippen LogP contribution in [-0.4, -0.2) is 36.6 Å². The third-order valence-electron chi connectivity index (χ3n) is 3.85. The van der Waals surface area contributed by atoms with Gasteiger partial charge in [-0.1, -0.05) is 47.6 Å². The summed E-state index contributed by atoms with van der Waals surface area (Å²) in [5.74, 6) is -0.0562. The highest BCUT2D eigenvalue weighted by Crippen LogP contribution is 2.24. The Morgan fingerprint density at radius 3 is 2.69 bits per heavy atom. The fraction of sp³-hybridized carbons (Fsp3) is 0.211. The van der Waals surface area contributed by atoms with Crippen LogP contribution in [0.3, 0.4) is 0 Å². The lowest BCUT2D eigenvalue weighted by Crippen LogP contribution is -2.25. The summed E-state index contributed by atoms with van der Waals surface area (Å²) in [6, 6.07) is 15.5. The van der Waals surface area contributed by atoms with Crippen molar-refractivity contribution in [1.29, 1.82) is 0 Å². The molecule has 5 nitrogen and oxygen atoms in total. The maximum absolute atomic E-state index is 12.1. The molecule has 0 aromatic heterocycles. The number of thioether (sulfide) groups is 1. The normalized spacial score (nSPS) is 18.5. The molecule has 0 radical (unpaired) electrons. The first-order valence-corrected chi connectivity index (χ1v) is 9.37. The molecule has 1 atom stereocenters. The number of carbonyl (C=O) groups excluding carboxylic acids is 1. The van der Waals surface area contributed by atoms with Crippen LogP contribution in [0.1, 0.15) is 11.1 Å². The first kappa shape index (κ1) is 18.5. The van der Waals surface area contributed by atoms with Crippen LogP contribution in [0.4, 0.5) is 5.69 Å². The van der Waals surface area contributed by atoms with Crippen molar-refractivity contribution < 1.29 is 4.79 Å². The average Bonchev–Trinajstić information content (AvgIpc) is 2.95. The standard InChI is InChI=1S/C19H19ClN4OS/c1-24(2)16-8-6-13(7-9-16)12-21-23-19-22-18(25)17(26-19)11-14-4-3-5-15(20)10-14/h3-10,12,17H,11H2,1-2H3,(H,22,23,25)/t17-/m1/s1. The van der Waals surface area contributed by atoms with Gasteiger partial charge in [0.25, 0.3) is 0 Å². The summed E-state index contributed by atoms with van der Waals surface area (Å²) in [6.45, 7) is 0. The number of amidine groups is 1. The van der Waals surface area contributed by atoms with Crippen LogP contribution in [0.15, 0.2) is 58.7 Å². The molecule has 1 amide bonds. The topological polar surface area (TPSA) is 57.1 Å². The highest BCUT2D eigenvalue weighted by molar-refractivity contribution is 8.15. The summed E-state index contributed by atoms with van der Waals surface area (Å²) < 4.78 is 0. The molecule has 2 aromatic rings. The number of hydrogen-bond acceptors (Lipinski definition) is 5. The zero-order valence-electron chi connectivity index (χ0n) is 14.5. The van der Waals surface area contributed by atoms with Gasteiger partial charge in [0.1, 0.15) is 0 Å². The summed E-state index contributed by atoms with van der Waals surface area (Å²) in [4.78, 5) is 14.1. The van der Waals surface area contributed by atoms with Crippen molar-refractivity contribution in [3.8, 4) is 0 Å². The van der Waals surface area contributed by atoms with Gasteiger partial charge in [0.05, 0.1) is 11.5 Å². The minimum absolute atomic E-state index is 0.0562. The second-order valence-corrected chi connectivity index (χ2v) is 7.69. The fourth-order valence-electron chi connectivity index (χ4n) is 2.47. The summed E-state index contributed by atoms with van der Waals surface area (Å²) in [7, 11) is 3.99. The second-order valence-electron chi connectivity index (χ2n) is 6.07. The second kappa shape index (κ2) is 8.38. The van der Waals surface area contributed by atoms with Gasteiger partial charge in [-0.05, 0) is 41.8 Å². The van der Waals surface area contributed by atoms with Crippen LogP contribution in [0, 0.1) is 0 Å². The molecule has 0 bridgehead atoms. The molecule has 1 fully saturated rings. The van der Waals surface area contributed by atoms with Crippen molar-refractivity contribution in [2.45, 2.75) is 11.7 Å². The largest absolute Gasteiger partial charge is 0.378 e. The molecule has 0 spiro atoms. The maximum Gasteiger partial charge on any atom is 0.239 e. The number of hydrogen-bond donors (Lipinski definition) is 1. The summed E-state index contributed by atoms with van der Waals surface area (Å²) in [5.41, 5.74) is 3.09. The van der Waals surface area contributed by atoms with E-state index in [1.165, 1.54) is 11.8 Å². The van der Waals surface area contributed by atoms with E-state index in [1.807, 2.05) is 67.5 Å². The van der Waals surface area contributed by atoms with E-state index in [2.05, 4.69) is 15.5 Å². The molecule has 1 aliphatic rings. The lowest BCUT2D eigenvalue weighted by molar-refractivity contribution is -0.118. The Labute approximate surface area is 162 Å². The quantitative estimate of drug-likeness (QED) is 0.631. The van der Waals surface area contributed by atoms with Gasteiger partial charge in [-0.3, -0.25) is 4.79 Å². The molecule has 134 valence electrons. The highest BCUT2D eigenvalue weighted by atomic mass is 35.5.